The molecule has 7 atom stereocenters. The van der Waals surface area contributed by atoms with E-state index < -0.39 is 0 Å². The molecular weight excluding hydrogens is 624 g/mol. The van der Waals surface area contributed by atoms with Crippen LogP contribution in [0.15, 0.2) is 0 Å². The second-order valence-corrected chi connectivity index (χ2v) is 19.9. The number of aliphatic hydroxyl groups excluding tert-OH is 3. The van der Waals surface area contributed by atoms with E-state index in [2.05, 4.69) is 109 Å². The fourth-order valence-corrected chi connectivity index (χ4v) is 6.90. The van der Waals surface area contributed by atoms with Gasteiger partial charge in [-0.2, -0.15) is 0 Å². The summed E-state index contributed by atoms with van der Waals surface area (Å²) in [5.74, 6) is 3.30. The van der Waals surface area contributed by atoms with Crippen molar-refractivity contribution in [3.63, 3.8) is 0 Å². The summed E-state index contributed by atoms with van der Waals surface area (Å²) in [7, 11) is 4.36. The van der Waals surface area contributed by atoms with Crippen molar-refractivity contribution in [3.05, 3.63) is 0 Å². The Balaban J connectivity index is -0.000000625. The molecule has 0 aromatic rings. The Morgan fingerprint density at radius 1 is 0.620 bits per heavy atom. The molecule has 2 aliphatic carbocycles. The summed E-state index contributed by atoms with van der Waals surface area (Å²) in [6.45, 7) is 36.0. The molecule has 6 nitrogen and oxygen atoms in total. The molecule has 2 fully saturated rings. The van der Waals surface area contributed by atoms with Crippen molar-refractivity contribution in [2.75, 3.05) is 41.3 Å². The minimum absolute atomic E-state index is 0.0686. The van der Waals surface area contributed by atoms with Crippen molar-refractivity contribution in [1.29, 1.82) is 0 Å². The molecule has 0 heterocycles. The predicted octanol–water partition coefficient (Wildman–Crippen LogP) is 11.6. The van der Waals surface area contributed by atoms with Gasteiger partial charge in [-0.15, -0.1) is 0 Å². The minimum Gasteiger partial charge on any atom is -0.400 e. The molecule has 3 N–H and O–H groups in total. The first-order chi connectivity index (χ1) is 22.9. The third kappa shape index (κ3) is 30.2. The number of hydrogen-bond donors (Lipinski definition) is 3. The lowest BCUT2D eigenvalue weighted by Crippen LogP contribution is -2.37. The maximum absolute atomic E-state index is 10.3. The molecule has 7 unspecified atom stereocenters. The summed E-state index contributed by atoms with van der Waals surface area (Å²) in [6, 6.07) is 0. The summed E-state index contributed by atoms with van der Waals surface area (Å²) in [5, 5.41) is 27.5. The Kier molecular flexibility index (Phi) is 30.6. The minimum atomic E-state index is -0.0753. The van der Waals surface area contributed by atoms with Crippen molar-refractivity contribution in [1.82, 2.24) is 0 Å². The van der Waals surface area contributed by atoms with Gasteiger partial charge in [-0.25, -0.2) is 0 Å². The molecule has 0 aliphatic heterocycles. The Bertz CT molecular complexity index is 738. The Morgan fingerprint density at radius 2 is 1.08 bits per heavy atom. The third-order valence-electron chi connectivity index (χ3n) is 10.4. The SMILES string of the molecule is CC(C)(C)CCC1CCC(C(C)(C)C)C(O)C1.CC(C)(C)CCC1CCC(O)C(C(C)(C)C)C1.CCC(C)COC.CCCOCOC.CO. The van der Waals surface area contributed by atoms with Gasteiger partial charge in [0.25, 0.3) is 0 Å². The average Bonchev–Trinajstić information content (AvgIpc) is 3.00. The number of rotatable bonds is 11. The Labute approximate surface area is 314 Å². The second-order valence-electron chi connectivity index (χ2n) is 19.9. The molecule has 0 bridgehead atoms. The second kappa shape index (κ2) is 28.2. The van der Waals surface area contributed by atoms with Crippen LogP contribution >= 0.6 is 0 Å². The highest BCUT2D eigenvalue weighted by atomic mass is 16.7. The molecular formula is C44H94O6. The highest BCUT2D eigenvalue weighted by Crippen LogP contribution is 2.43. The highest BCUT2D eigenvalue weighted by molar-refractivity contribution is 4.88. The number of hydrogen-bond acceptors (Lipinski definition) is 6. The van der Waals surface area contributed by atoms with Crippen LogP contribution < -0.4 is 0 Å². The van der Waals surface area contributed by atoms with Gasteiger partial charge in [0.1, 0.15) is 6.79 Å². The Hall–Kier alpha value is -0.240. The fourth-order valence-electron chi connectivity index (χ4n) is 6.90. The molecule has 0 saturated heterocycles. The summed E-state index contributed by atoms with van der Waals surface area (Å²) in [6.07, 6.45) is 14.4. The third-order valence-corrected chi connectivity index (χ3v) is 10.4. The summed E-state index contributed by atoms with van der Waals surface area (Å²) >= 11 is 0. The van der Waals surface area contributed by atoms with E-state index in [1.807, 2.05) is 0 Å². The zero-order valence-electron chi connectivity index (χ0n) is 37.2. The van der Waals surface area contributed by atoms with E-state index in [9.17, 15) is 10.2 Å². The first-order valence-electron chi connectivity index (χ1n) is 20.3. The van der Waals surface area contributed by atoms with Gasteiger partial charge in [0.2, 0.25) is 0 Å². The van der Waals surface area contributed by atoms with Crippen molar-refractivity contribution < 1.29 is 29.5 Å². The van der Waals surface area contributed by atoms with E-state index in [-0.39, 0.29) is 23.0 Å². The molecule has 2 rings (SSSR count). The zero-order chi connectivity index (χ0) is 39.8. The van der Waals surface area contributed by atoms with Crippen molar-refractivity contribution in [2.24, 2.45) is 51.2 Å². The van der Waals surface area contributed by atoms with E-state index in [1.165, 1.54) is 57.8 Å². The van der Waals surface area contributed by atoms with Gasteiger partial charge in [-0.3, -0.25) is 0 Å². The maximum Gasteiger partial charge on any atom is 0.146 e. The highest BCUT2D eigenvalue weighted by Gasteiger charge is 2.37. The maximum atomic E-state index is 10.3. The fraction of sp³-hybridized carbons (Fsp3) is 1.00. The number of aliphatic hydroxyl groups is 3. The number of methoxy groups -OCH3 is 2. The molecule has 6 heteroatoms. The van der Waals surface area contributed by atoms with Crippen molar-refractivity contribution >= 4 is 0 Å². The monoisotopic (exact) mass is 719 g/mol. The van der Waals surface area contributed by atoms with Crippen LogP contribution in [0.25, 0.3) is 0 Å². The van der Waals surface area contributed by atoms with Crippen molar-refractivity contribution in [3.8, 4) is 0 Å². The van der Waals surface area contributed by atoms with E-state index in [0.717, 1.165) is 57.3 Å². The smallest absolute Gasteiger partial charge is 0.146 e. The summed E-state index contributed by atoms with van der Waals surface area (Å²) in [5.41, 5.74) is 1.40. The molecule has 0 aromatic heterocycles. The van der Waals surface area contributed by atoms with Crippen LogP contribution in [0.2, 0.25) is 0 Å². The quantitative estimate of drug-likeness (QED) is 0.146. The zero-order valence-corrected chi connectivity index (χ0v) is 37.2. The van der Waals surface area contributed by atoms with Gasteiger partial charge in [0.05, 0.1) is 12.2 Å². The van der Waals surface area contributed by atoms with Crippen LogP contribution in [-0.2, 0) is 14.2 Å². The van der Waals surface area contributed by atoms with Gasteiger partial charge in [-0.05, 0) is 122 Å². The lowest BCUT2D eigenvalue weighted by molar-refractivity contribution is -0.0300. The van der Waals surface area contributed by atoms with Crippen LogP contribution in [0.1, 0.15) is 181 Å². The van der Waals surface area contributed by atoms with Crippen LogP contribution in [0, 0.1) is 51.2 Å². The van der Waals surface area contributed by atoms with E-state index in [1.54, 1.807) is 14.2 Å². The van der Waals surface area contributed by atoms with Gasteiger partial charge >= 0.3 is 0 Å². The first kappa shape index (κ1) is 54.1. The molecule has 50 heavy (non-hydrogen) atoms. The van der Waals surface area contributed by atoms with Crippen molar-refractivity contribution in [2.45, 2.75) is 193 Å². The summed E-state index contributed by atoms with van der Waals surface area (Å²) in [4.78, 5) is 0. The molecule has 0 spiro atoms. The van der Waals surface area contributed by atoms with Gasteiger partial charge in [0.15, 0.2) is 0 Å². The largest absolute Gasteiger partial charge is 0.400 e. The van der Waals surface area contributed by atoms with Gasteiger partial charge in [0, 0.05) is 34.5 Å². The molecule has 0 radical (unpaired) electrons. The predicted molar refractivity (Wildman–Crippen MR) is 218 cm³/mol. The normalized spacial score (nSPS) is 24.9. The first-order valence-corrected chi connectivity index (χ1v) is 20.3. The van der Waals surface area contributed by atoms with Gasteiger partial charge in [-0.1, -0.05) is 110 Å². The van der Waals surface area contributed by atoms with E-state index in [0.29, 0.717) is 29.5 Å². The van der Waals surface area contributed by atoms with Crippen LogP contribution in [0.3, 0.4) is 0 Å². The van der Waals surface area contributed by atoms with Crippen LogP contribution in [0.5, 0.6) is 0 Å². The lowest BCUT2D eigenvalue weighted by Gasteiger charge is -2.41. The average molecular weight is 719 g/mol. The van der Waals surface area contributed by atoms with E-state index >= 15 is 0 Å². The standard InChI is InChI=1S/2C16H32O.C6H14O.C5H12O2.CH4O/c1-15(2,3)10-9-12-7-8-14(17)13(11-12)16(4,5)6;1-15(2,3)10-9-12-7-8-13(14(17)11-12)16(4,5)6;1-4-6(2)5-7-3;1-3-4-7-5-6-2;1-2/h2*12-14,17H,7-11H2,1-6H3;6H,4-5H2,1-3H3;3-5H2,1-2H3;2H,1H3. The molecule has 306 valence electrons. The lowest BCUT2D eigenvalue weighted by atomic mass is 9.66. The van der Waals surface area contributed by atoms with Gasteiger partial charge < -0.3 is 29.5 Å². The molecule has 0 amide bonds. The Morgan fingerprint density at radius 3 is 1.42 bits per heavy atom. The van der Waals surface area contributed by atoms with Crippen LogP contribution in [-0.4, -0.2) is 68.9 Å². The van der Waals surface area contributed by atoms with Crippen LogP contribution in [0.4, 0.5) is 0 Å². The summed E-state index contributed by atoms with van der Waals surface area (Å²) < 4.78 is 14.4. The number of ether oxygens (including phenoxy) is 3. The topological polar surface area (TPSA) is 88.4 Å². The van der Waals surface area contributed by atoms with E-state index in [4.69, 9.17) is 14.6 Å². The molecule has 2 aliphatic rings. The molecule has 2 saturated carbocycles. The molecule has 0 aromatic carbocycles.